The zero-order chi connectivity index (χ0) is 14.1. The van der Waals surface area contributed by atoms with E-state index in [1.54, 1.807) is 0 Å². The number of carbonyl (C=O) groups excluding carboxylic acids is 1. The van der Waals surface area contributed by atoms with Gasteiger partial charge in [0, 0.05) is 26.1 Å². The largest absolute Gasteiger partial charge is 0.341 e. The zero-order valence-electron chi connectivity index (χ0n) is 12.7. The van der Waals surface area contributed by atoms with Crippen LogP contribution in [0.4, 0.5) is 0 Å². The molecule has 1 unspecified atom stereocenters. The fraction of sp³-hybridized carbons (Fsp3) is 0.933. The van der Waals surface area contributed by atoms with E-state index in [-0.39, 0.29) is 0 Å². The summed E-state index contributed by atoms with van der Waals surface area (Å²) < 4.78 is 0. The Morgan fingerprint density at radius 2 is 1.95 bits per heavy atom. The molecule has 1 amide bonds. The molecule has 1 aliphatic heterocycles. The van der Waals surface area contributed by atoms with Crippen LogP contribution in [-0.2, 0) is 4.79 Å². The lowest BCUT2D eigenvalue weighted by Crippen LogP contribution is -2.34. The molecule has 1 saturated heterocycles. The summed E-state index contributed by atoms with van der Waals surface area (Å²) in [6.45, 7) is 6.88. The van der Waals surface area contributed by atoms with Gasteiger partial charge >= 0.3 is 0 Å². The Balaban J connectivity index is 2.32. The van der Waals surface area contributed by atoms with Crippen LogP contribution < -0.4 is 5.73 Å². The molecule has 4 heteroatoms. The number of hydrogen-bond acceptors (Lipinski definition) is 3. The third-order valence-electron chi connectivity index (χ3n) is 4.11. The minimum Gasteiger partial charge on any atom is -0.341 e. The fourth-order valence-electron chi connectivity index (χ4n) is 2.86. The highest BCUT2D eigenvalue weighted by Crippen LogP contribution is 2.18. The predicted octanol–water partition coefficient (Wildman–Crippen LogP) is 1.70. The van der Waals surface area contributed by atoms with E-state index >= 15 is 0 Å². The van der Waals surface area contributed by atoms with Crippen LogP contribution in [0.5, 0.6) is 0 Å². The van der Waals surface area contributed by atoms with Gasteiger partial charge in [-0.3, -0.25) is 4.79 Å². The first-order valence-corrected chi connectivity index (χ1v) is 7.83. The lowest BCUT2D eigenvalue weighted by molar-refractivity contribution is -0.131. The fourth-order valence-corrected chi connectivity index (χ4v) is 2.86. The summed E-state index contributed by atoms with van der Waals surface area (Å²) in [5, 5.41) is 0. The summed E-state index contributed by atoms with van der Waals surface area (Å²) >= 11 is 0. The third-order valence-corrected chi connectivity index (χ3v) is 4.11. The Hall–Kier alpha value is -0.610. The topological polar surface area (TPSA) is 49.6 Å². The average Bonchev–Trinajstić information content (AvgIpc) is 2.61. The Labute approximate surface area is 118 Å². The first-order chi connectivity index (χ1) is 9.17. The molecular formula is C15H31N3O. The van der Waals surface area contributed by atoms with Crippen LogP contribution in [0.15, 0.2) is 0 Å². The number of rotatable bonds is 7. The van der Waals surface area contributed by atoms with Gasteiger partial charge in [0.25, 0.3) is 0 Å². The summed E-state index contributed by atoms with van der Waals surface area (Å²) in [5.74, 6) is 0.974. The lowest BCUT2D eigenvalue weighted by Gasteiger charge is -2.22. The van der Waals surface area contributed by atoms with Crippen LogP contribution in [0.2, 0.25) is 0 Å². The molecule has 0 aromatic heterocycles. The number of likely N-dealkylation sites (N-methyl/N-ethyl adjacent to an activating group) is 1. The second kappa shape index (κ2) is 9.32. The van der Waals surface area contributed by atoms with Gasteiger partial charge in [-0.1, -0.05) is 19.8 Å². The van der Waals surface area contributed by atoms with E-state index in [0.717, 1.165) is 52.0 Å². The van der Waals surface area contributed by atoms with Crippen molar-refractivity contribution < 1.29 is 4.79 Å². The Morgan fingerprint density at radius 1 is 1.16 bits per heavy atom. The lowest BCUT2D eigenvalue weighted by atomic mass is 9.94. The van der Waals surface area contributed by atoms with Crippen molar-refractivity contribution in [3.05, 3.63) is 0 Å². The normalized spacial score (nSPS) is 19.2. The molecule has 0 aromatic rings. The van der Waals surface area contributed by atoms with Crippen LogP contribution in [0.1, 0.15) is 45.4 Å². The van der Waals surface area contributed by atoms with Crippen LogP contribution in [0.25, 0.3) is 0 Å². The maximum atomic E-state index is 12.2. The number of nitrogens with two attached hydrogens (primary N) is 1. The molecular weight excluding hydrogens is 238 g/mol. The van der Waals surface area contributed by atoms with Crippen LogP contribution in [0, 0.1) is 5.92 Å². The molecule has 2 N–H and O–H groups in total. The highest BCUT2D eigenvalue weighted by atomic mass is 16.2. The van der Waals surface area contributed by atoms with E-state index in [1.807, 2.05) is 0 Å². The molecule has 1 aliphatic rings. The molecule has 0 aromatic carbocycles. The van der Waals surface area contributed by atoms with Crippen molar-refractivity contribution in [2.24, 2.45) is 11.7 Å². The highest BCUT2D eigenvalue weighted by Gasteiger charge is 2.18. The maximum Gasteiger partial charge on any atom is 0.222 e. The molecule has 1 atom stereocenters. The molecule has 1 rings (SSSR count). The molecule has 4 nitrogen and oxygen atoms in total. The molecule has 0 bridgehead atoms. The van der Waals surface area contributed by atoms with Crippen molar-refractivity contribution in [3.63, 3.8) is 0 Å². The van der Waals surface area contributed by atoms with Gasteiger partial charge in [-0.2, -0.15) is 0 Å². The van der Waals surface area contributed by atoms with E-state index in [4.69, 9.17) is 5.73 Å². The minimum absolute atomic E-state index is 0.341. The van der Waals surface area contributed by atoms with Crippen molar-refractivity contribution in [1.29, 1.82) is 0 Å². The molecule has 0 spiro atoms. The van der Waals surface area contributed by atoms with E-state index in [1.165, 1.54) is 12.8 Å². The molecule has 0 radical (unpaired) electrons. The van der Waals surface area contributed by atoms with E-state index < -0.39 is 0 Å². The van der Waals surface area contributed by atoms with Gasteiger partial charge in [-0.25, -0.2) is 0 Å². The number of nitrogens with zero attached hydrogens (tertiary/aromatic N) is 2. The molecule has 1 heterocycles. The van der Waals surface area contributed by atoms with Gasteiger partial charge < -0.3 is 15.5 Å². The monoisotopic (exact) mass is 269 g/mol. The smallest absolute Gasteiger partial charge is 0.222 e. The second-order valence-corrected chi connectivity index (χ2v) is 5.81. The second-order valence-electron chi connectivity index (χ2n) is 5.81. The molecule has 0 saturated carbocycles. The van der Waals surface area contributed by atoms with Gasteiger partial charge in [-0.05, 0) is 45.3 Å². The van der Waals surface area contributed by atoms with E-state index in [0.29, 0.717) is 18.2 Å². The van der Waals surface area contributed by atoms with E-state index in [9.17, 15) is 4.79 Å². The van der Waals surface area contributed by atoms with Crippen molar-refractivity contribution in [2.75, 3.05) is 39.8 Å². The van der Waals surface area contributed by atoms with Gasteiger partial charge in [0.15, 0.2) is 0 Å². The number of amides is 1. The van der Waals surface area contributed by atoms with Crippen molar-refractivity contribution in [3.8, 4) is 0 Å². The van der Waals surface area contributed by atoms with Crippen LogP contribution >= 0.6 is 0 Å². The third kappa shape index (κ3) is 6.39. The van der Waals surface area contributed by atoms with Gasteiger partial charge in [0.05, 0.1) is 0 Å². The number of hydrogen-bond donors (Lipinski definition) is 1. The maximum absolute atomic E-state index is 12.2. The standard InChI is InChI=1S/C15H31N3O/c1-3-5-14(8-9-16)6-7-15(19)18-11-4-10-17(2)12-13-18/h14H,3-13,16H2,1-2H3. The van der Waals surface area contributed by atoms with Gasteiger partial charge in [-0.15, -0.1) is 0 Å². The number of carbonyl (C=O) groups is 1. The summed E-state index contributed by atoms with van der Waals surface area (Å²) in [5.41, 5.74) is 5.64. The summed E-state index contributed by atoms with van der Waals surface area (Å²) in [4.78, 5) is 16.6. The van der Waals surface area contributed by atoms with Crippen molar-refractivity contribution >= 4 is 5.91 Å². The SMILES string of the molecule is CCCC(CCN)CCC(=O)N1CCCN(C)CC1. The zero-order valence-corrected chi connectivity index (χ0v) is 12.7. The van der Waals surface area contributed by atoms with Crippen molar-refractivity contribution in [2.45, 2.75) is 45.4 Å². The molecule has 0 aliphatic carbocycles. The molecule has 112 valence electrons. The van der Waals surface area contributed by atoms with Gasteiger partial charge in [0.2, 0.25) is 5.91 Å². The Morgan fingerprint density at radius 3 is 2.63 bits per heavy atom. The Bertz CT molecular complexity index is 252. The summed E-state index contributed by atoms with van der Waals surface area (Å²) in [6, 6.07) is 0. The Kier molecular flexibility index (Phi) is 8.07. The summed E-state index contributed by atoms with van der Waals surface area (Å²) in [6.07, 6.45) is 6.26. The summed E-state index contributed by atoms with van der Waals surface area (Å²) in [7, 11) is 2.13. The first-order valence-electron chi connectivity index (χ1n) is 7.83. The predicted molar refractivity (Wildman–Crippen MR) is 80.0 cm³/mol. The minimum atomic E-state index is 0.341. The highest BCUT2D eigenvalue weighted by molar-refractivity contribution is 5.76. The first kappa shape index (κ1) is 16.4. The molecule has 1 fully saturated rings. The average molecular weight is 269 g/mol. The van der Waals surface area contributed by atoms with Crippen LogP contribution in [0.3, 0.4) is 0 Å². The quantitative estimate of drug-likeness (QED) is 0.765. The van der Waals surface area contributed by atoms with Crippen LogP contribution in [-0.4, -0.2) is 55.5 Å². The van der Waals surface area contributed by atoms with Gasteiger partial charge in [0.1, 0.15) is 0 Å². The van der Waals surface area contributed by atoms with Crippen molar-refractivity contribution in [1.82, 2.24) is 9.80 Å². The van der Waals surface area contributed by atoms with E-state index in [2.05, 4.69) is 23.8 Å². The molecule has 19 heavy (non-hydrogen) atoms.